The van der Waals surface area contributed by atoms with Crippen LogP contribution in [0.4, 0.5) is 5.69 Å². The molecule has 9 heteroatoms. The van der Waals surface area contributed by atoms with E-state index in [0.29, 0.717) is 11.4 Å². The molecule has 2 N–H and O–H groups in total. The van der Waals surface area contributed by atoms with Gasteiger partial charge in [-0.15, -0.1) is 0 Å². The molecule has 1 aromatic heterocycles. The lowest BCUT2D eigenvalue weighted by Gasteiger charge is -2.11. The van der Waals surface area contributed by atoms with E-state index >= 15 is 0 Å². The van der Waals surface area contributed by atoms with E-state index in [2.05, 4.69) is 15.0 Å². The van der Waals surface area contributed by atoms with E-state index in [1.54, 1.807) is 36.4 Å². The molecule has 0 fully saturated rings. The lowest BCUT2D eigenvalue weighted by molar-refractivity contribution is 0.0949. The standard InChI is InChI=1S/C24H24N4O4S/c1-3-28-22-10-5-4-9-21(22)26-23(28)16-25-24(29)17-7-6-8-20(15-17)33(30,31)27-18-11-13-19(32-2)14-12-18/h4-15,27H,3,16H2,1-2H3,(H,25,29). The minimum absolute atomic E-state index is 0.00763. The van der Waals surface area contributed by atoms with Crippen molar-refractivity contribution in [2.45, 2.75) is 24.9 Å². The number of anilines is 1. The topological polar surface area (TPSA) is 102 Å². The number of methoxy groups -OCH3 is 1. The maximum atomic E-state index is 12.8. The summed E-state index contributed by atoms with van der Waals surface area (Å²) >= 11 is 0. The van der Waals surface area contributed by atoms with E-state index in [-0.39, 0.29) is 22.9 Å². The van der Waals surface area contributed by atoms with E-state index in [4.69, 9.17) is 4.74 Å². The predicted octanol–water partition coefficient (Wildman–Crippen LogP) is 3.80. The molecule has 0 saturated carbocycles. The fraction of sp³-hybridized carbons (Fsp3) is 0.167. The molecule has 8 nitrogen and oxygen atoms in total. The van der Waals surface area contributed by atoms with Crippen LogP contribution in [-0.4, -0.2) is 31.0 Å². The van der Waals surface area contributed by atoms with E-state index in [9.17, 15) is 13.2 Å². The molecule has 0 radical (unpaired) electrons. The minimum Gasteiger partial charge on any atom is -0.497 e. The maximum Gasteiger partial charge on any atom is 0.261 e. The number of nitrogens with one attached hydrogen (secondary N) is 2. The third-order valence-electron chi connectivity index (χ3n) is 5.21. The zero-order valence-corrected chi connectivity index (χ0v) is 19.1. The van der Waals surface area contributed by atoms with Gasteiger partial charge in [0.1, 0.15) is 11.6 Å². The number of hydrogen-bond acceptors (Lipinski definition) is 5. The lowest BCUT2D eigenvalue weighted by atomic mass is 10.2. The highest BCUT2D eigenvalue weighted by Gasteiger charge is 2.17. The van der Waals surface area contributed by atoms with Crippen LogP contribution in [0, 0.1) is 0 Å². The molecule has 1 heterocycles. The highest BCUT2D eigenvalue weighted by atomic mass is 32.2. The molecule has 170 valence electrons. The van der Waals surface area contributed by atoms with Crippen LogP contribution in [0.25, 0.3) is 11.0 Å². The van der Waals surface area contributed by atoms with Gasteiger partial charge in [-0.1, -0.05) is 18.2 Å². The Balaban J connectivity index is 1.49. The zero-order chi connectivity index (χ0) is 23.4. The van der Waals surface area contributed by atoms with Crippen LogP contribution in [0.2, 0.25) is 0 Å². The van der Waals surface area contributed by atoms with Crippen LogP contribution in [0.5, 0.6) is 5.75 Å². The van der Waals surface area contributed by atoms with Gasteiger partial charge in [0.15, 0.2) is 0 Å². The summed E-state index contributed by atoms with van der Waals surface area (Å²) in [4.78, 5) is 17.4. The van der Waals surface area contributed by atoms with Crippen molar-refractivity contribution >= 4 is 32.7 Å². The van der Waals surface area contributed by atoms with Gasteiger partial charge in [-0.05, 0) is 61.5 Å². The van der Waals surface area contributed by atoms with Crippen molar-refractivity contribution in [3.8, 4) is 5.75 Å². The van der Waals surface area contributed by atoms with Crippen molar-refractivity contribution in [3.63, 3.8) is 0 Å². The highest BCUT2D eigenvalue weighted by molar-refractivity contribution is 7.92. The van der Waals surface area contributed by atoms with Crippen LogP contribution >= 0.6 is 0 Å². The number of ether oxygens (including phenoxy) is 1. The molecule has 0 bridgehead atoms. The summed E-state index contributed by atoms with van der Waals surface area (Å²) in [5.41, 5.74) is 2.50. The van der Waals surface area contributed by atoms with Crippen molar-refractivity contribution in [2.24, 2.45) is 0 Å². The lowest BCUT2D eigenvalue weighted by Crippen LogP contribution is -2.25. The van der Waals surface area contributed by atoms with Crippen molar-refractivity contribution < 1.29 is 17.9 Å². The fourth-order valence-corrected chi connectivity index (χ4v) is 4.66. The van der Waals surface area contributed by atoms with Gasteiger partial charge in [0, 0.05) is 17.8 Å². The molecule has 1 amide bonds. The number of carbonyl (C=O) groups is 1. The van der Waals surface area contributed by atoms with Crippen LogP contribution in [0.15, 0.2) is 77.7 Å². The first-order valence-corrected chi connectivity index (χ1v) is 11.9. The van der Waals surface area contributed by atoms with E-state index in [1.165, 1.54) is 19.2 Å². The van der Waals surface area contributed by atoms with Gasteiger partial charge in [0.25, 0.3) is 15.9 Å². The number of aromatic nitrogens is 2. The Hall–Kier alpha value is -3.85. The first kappa shape index (κ1) is 22.3. The summed E-state index contributed by atoms with van der Waals surface area (Å²) < 4.78 is 35.2. The maximum absolute atomic E-state index is 12.8. The zero-order valence-electron chi connectivity index (χ0n) is 18.3. The molecule has 0 spiro atoms. The number of carbonyl (C=O) groups excluding carboxylic acids is 1. The van der Waals surface area contributed by atoms with Gasteiger partial charge in [-0.2, -0.15) is 0 Å². The summed E-state index contributed by atoms with van der Waals surface area (Å²) in [6.45, 7) is 2.96. The smallest absolute Gasteiger partial charge is 0.261 e. The van der Waals surface area contributed by atoms with Gasteiger partial charge in [0.05, 0.1) is 29.6 Å². The number of benzene rings is 3. The van der Waals surface area contributed by atoms with Gasteiger partial charge in [-0.3, -0.25) is 9.52 Å². The molecule has 0 aliphatic rings. The second kappa shape index (κ2) is 9.33. The number of aryl methyl sites for hydroxylation is 1. The van der Waals surface area contributed by atoms with E-state index in [1.807, 2.05) is 35.8 Å². The third kappa shape index (κ3) is 4.83. The van der Waals surface area contributed by atoms with Crippen molar-refractivity contribution in [3.05, 3.63) is 84.2 Å². The summed E-state index contributed by atoms with van der Waals surface area (Å²) in [6, 6.07) is 20.2. The molecule has 4 rings (SSSR count). The molecule has 0 aliphatic heterocycles. The van der Waals surface area contributed by atoms with Crippen LogP contribution in [0.3, 0.4) is 0 Å². The summed E-state index contributed by atoms with van der Waals surface area (Å²) in [5.74, 6) is 0.969. The molecule has 3 aromatic carbocycles. The normalized spacial score (nSPS) is 11.3. The second-order valence-electron chi connectivity index (χ2n) is 7.31. The van der Waals surface area contributed by atoms with Gasteiger partial charge >= 0.3 is 0 Å². The summed E-state index contributed by atoms with van der Waals surface area (Å²) in [5, 5.41) is 2.84. The molecular weight excluding hydrogens is 440 g/mol. The Morgan fingerprint density at radius 1 is 1.03 bits per heavy atom. The van der Waals surface area contributed by atoms with Crippen LogP contribution < -0.4 is 14.8 Å². The van der Waals surface area contributed by atoms with Crippen molar-refractivity contribution in [1.82, 2.24) is 14.9 Å². The number of nitrogens with zero attached hydrogens (tertiary/aromatic N) is 2. The Bertz CT molecular complexity index is 1400. The number of para-hydroxylation sites is 2. The molecule has 4 aromatic rings. The largest absolute Gasteiger partial charge is 0.497 e. The first-order chi connectivity index (χ1) is 15.9. The monoisotopic (exact) mass is 464 g/mol. The Kier molecular flexibility index (Phi) is 6.32. The minimum atomic E-state index is -3.87. The van der Waals surface area contributed by atoms with Crippen molar-refractivity contribution in [1.29, 1.82) is 0 Å². The van der Waals surface area contributed by atoms with Crippen LogP contribution in [0.1, 0.15) is 23.1 Å². The quantitative estimate of drug-likeness (QED) is 0.413. The summed E-state index contributed by atoms with van der Waals surface area (Å²) in [6.07, 6.45) is 0. The Labute approximate surface area is 192 Å². The van der Waals surface area contributed by atoms with E-state index < -0.39 is 10.0 Å². The second-order valence-corrected chi connectivity index (χ2v) is 8.99. The summed E-state index contributed by atoms with van der Waals surface area (Å²) in [7, 11) is -2.34. The SMILES string of the molecule is CCn1c(CNC(=O)c2cccc(S(=O)(=O)Nc3ccc(OC)cc3)c2)nc2ccccc21. The molecular formula is C24H24N4O4S. The average Bonchev–Trinajstić information content (AvgIpc) is 3.20. The van der Waals surface area contributed by atoms with Gasteiger partial charge < -0.3 is 14.6 Å². The first-order valence-electron chi connectivity index (χ1n) is 10.4. The third-order valence-corrected chi connectivity index (χ3v) is 6.58. The van der Waals surface area contributed by atoms with Gasteiger partial charge in [-0.25, -0.2) is 13.4 Å². The average molecular weight is 465 g/mol. The molecule has 33 heavy (non-hydrogen) atoms. The molecule has 0 aliphatic carbocycles. The molecule has 0 atom stereocenters. The number of fused-ring (bicyclic) bond motifs is 1. The Morgan fingerprint density at radius 3 is 2.52 bits per heavy atom. The number of hydrogen-bond donors (Lipinski definition) is 2. The predicted molar refractivity (Wildman–Crippen MR) is 127 cm³/mol. The van der Waals surface area contributed by atoms with Gasteiger partial charge in [0.2, 0.25) is 0 Å². The highest BCUT2D eigenvalue weighted by Crippen LogP contribution is 2.20. The number of sulfonamides is 1. The molecule has 0 unspecified atom stereocenters. The van der Waals surface area contributed by atoms with Crippen molar-refractivity contribution in [2.75, 3.05) is 11.8 Å². The van der Waals surface area contributed by atoms with Crippen LogP contribution in [-0.2, 0) is 23.1 Å². The number of rotatable bonds is 8. The number of imidazole rings is 1. The Morgan fingerprint density at radius 2 is 1.79 bits per heavy atom. The fourth-order valence-electron chi connectivity index (χ4n) is 3.55. The molecule has 0 saturated heterocycles. The number of amides is 1. The van der Waals surface area contributed by atoms with E-state index in [0.717, 1.165) is 23.4 Å².